The first-order chi connectivity index (χ1) is 8.51. The third-order valence-corrected chi connectivity index (χ3v) is 5.48. The van der Waals surface area contributed by atoms with Gasteiger partial charge in [-0.25, -0.2) is 13.4 Å². The zero-order valence-electron chi connectivity index (χ0n) is 10.4. The number of likely N-dealkylation sites (tertiary alicyclic amines) is 1. The summed E-state index contributed by atoms with van der Waals surface area (Å²) < 4.78 is 26.6. The SMILES string of the molecule is CN1CCC2(CC1)CS(=O)(=O)Nc1ncccc12. The number of rotatable bonds is 0. The van der Waals surface area contributed by atoms with Gasteiger partial charge in [0.1, 0.15) is 5.82 Å². The molecule has 0 amide bonds. The lowest BCUT2D eigenvalue weighted by Crippen LogP contribution is -2.49. The fourth-order valence-electron chi connectivity index (χ4n) is 3.00. The zero-order chi connectivity index (χ0) is 12.8. The molecule has 1 fully saturated rings. The largest absolute Gasteiger partial charge is 0.306 e. The van der Waals surface area contributed by atoms with Gasteiger partial charge in [0.15, 0.2) is 0 Å². The molecule has 1 spiro atoms. The van der Waals surface area contributed by atoms with Crippen LogP contribution in [0.25, 0.3) is 0 Å². The van der Waals surface area contributed by atoms with Crippen LogP contribution in [0.1, 0.15) is 18.4 Å². The van der Waals surface area contributed by atoms with E-state index in [4.69, 9.17) is 0 Å². The summed E-state index contributed by atoms with van der Waals surface area (Å²) in [5.74, 6) is 0.709. The molecule has 0 aliphatic carbocycles. The van der Waals surface area contributed by atoms with Crippen molar-refractivity contribution in [2.24, 2.45) is 0 Å². The van der Waals surface area contributed by atoms with Crippen LogP contribution in [-0.4, -0.2) is 44.2 Å². The van der Waals surface area contributed by atoms with E-state index in [0.717, 1.165) is 31.5 Å². The number of piperidine rings is 1. The highest BCUT2D eigenvalue weighted by Crippen LogP contribution is 2.42. The van der Waals surface area contributed by atoms with E-state index in [1.807, 2.05) is 12.1 Å². The average Bonchev–Trinajstić information content (AvgIpc) is 2.32. The highest BCUT2D eigenvalue weighted by atomic mass is 32.2. The van der Waals surface area contributed by atoms with Crippen LogP contribution in [0.5, 0.6) is 0 Å². The standard InChI is InChI=1S/C12H17N3O2S/c1-15-7-4-12(5-8-15)9-18(16,17)14-11-10(12)3-2-6-13-11/h2-3,6H,4-5,7-9H2,1H3,(H,13,14). The van der Waals surface area contributed by atoms with Crippen LogP contribution in [0.15, 0.2) is 18.3 Å². The summed E-state index contributed by atoms with van der Waals surface area (Å²) >= 11 is 0. The van der Waals surface area contributed by atoms with E-state index in [1.54, 1.807) is 6.20 Å². The average molecular weight is 267 g/mol. The Balaban J connectivity index is 2.09. The van der Waals surface area contributed by atoms with Crippen LogP contribution >= 0.6 is 0 Å². The van der Waals surface area contributed by atoms with Crippen LogP contribution in [0.3, 0.4) is 0 Å². The molecule has 2 aliphatic rings. The molecule has 3 heterocycles. The van der Waals surface area contributed by atoms with Crippen molar-refractivity contribution in [3.63, 3.8) is 0 Å². The van der Waals surface area contributed by atoms with Crippen molar-refractivity contribution in [2.75, 3.05) is 30.6 Å². The molecule has 0 atom stereocenters. The van der Waals surface area contributed by atoms with E-state index in [2.05, 4.69) is 21.7 Å². The first kappa shape index (κ1) is 11.9. The molecule has 2 aliphatic heterocycles. The van der Waals surface area contributed by atoms with E-state index in [0.29, 0.717) is 5.82 Å². The maximum atomic E-state index is 12.0. The lowest BCUT2D eigenvalue weighted by atomic mass is 9.74. The summed E-state index contributed by atoms with van der Waals surface area (Å²) in [5.41, 5.74) is 0.813. The maximum absolute atomic E-state index is 12.0. The molecule has 0 unspecified atom stereocenters. The molecule has 0 bridgehead atoms. The lowest BCUT2D eigenvalue weighted by Gasteiger charge is -2.43. The predicted molar refractivity (Wildman–Crippen MR) is 70.1 cm³/mol. The molecule has 3 rings (SSSR count). The predicted octanol–water partition coefficient (Wildman–Crippen LogP) is 0.800. The molecule has 1 aromatic rings. The smallest absolute Gasteiger partial charge is 0.234 e. The molecular weight excluding hydrogens is 250 g/mol. The van der Waals surface area contributed by atoms with E-state index >= 15 is 0 Å². The minimum absolute atomic E-state index is 0.187. The van der Waals surface area contributed by atoms with Crippen LogP contribution in [0.4, 0.5) is 5.82 Å². The van der Waals surface area contributed by atoms with Gasteiger partial charge in [-0.05, 0) is 39.0 Å². The quantitative estimate of drug-likeness (QED) is 0.755. The molecule has 98 valence electrons. The van der Waals surface area contributed by atoms with E-state index in [1.165, 1.54) is 0 Å². The molecule has 1 N–H and O–H groups in total. The number of sulfonamides is 1. The molecule has 6 heteroatoms. The molecule has 0 aromatic carbocycles. The zero-order valence-corrected chi connectivity index (χ0v) is 11.2. The number of anilines is 1. The van der Waals surface area contributed by atoms with Gasteiger partial charge in [-0.3, -0.25) is 4.72 Å². The van der Waals surface area contributed by atoms with Gasteiger partial charge in [0, 0.05) is 17.2 Å². The molecular formula is C12H17N3O2S. The van der Waals surface area contributed by atoms with Gasteiger partial charge >= 0.3 is 0 Å². The van der Waals surface area contributed by atoms with Crippen LogP contribution < -0.4 is 4.72 Å². The van der Waals surface area contributed by atoms with Crippen molar-refractivity contribution >= 4 is 15.8 Å². The van der Waals surface area contributed by atoms with Gasteiger partial charge in [-0.15, -0.1) is 0 Å². The summed E-state index contributed by atoms with van der Waals surface area (Å²) in [4.78, 5) is 6.43. The number of fused-ring (bicyclic) bond motifs is 2. The Bertz CT molecular complexity index is 562. The Morgan fingerprint density at radius 2 is 2.11 bits per heavy atom. The Labute approximate surface area is 107 Å². The van der Waals surface area contributed by atoms with Crippen LogP contribution in [0.2, 0.25) is 0 Å². The Morgan fingerprint density at radius 3 is 2.83 bits per heavy atom. The second-order valence-electron chi connectivity index (χ2n) is 5.34. The third-order valence-electron chi connectivity index (χ3n) is 4.04. The van der Waals surface area contributed by atoms with Crippen molar-refractivity contribution < 1.29 is 8.42 Å². The van der Waals surface area contributed by atoms with Crippen molar-refractivity contribution in [2.45, 2.75) is 18.3 Å². The van der Waals surface area contributed by atoms with Crippen molar-refractivity contribution in [1.82, 2.24) is 9.88 Å². The Hall–Kier alpha value is -1.14. The number of pyridine rings is 1. The first-order valence-electron chi connectivity index (χ1n) is 6.15. The summed E-state index contributed by atoms with van der Waals surface area (Å²) in [6.45, 7) is 1.87. The van der Waals surface area contributed by atoms with Crippen molar-refractivity contribution in [1.29, 1.82) is 0 Å². The van der Waals surface area contributed by atoms with Crippen molar-refractivity contribution in [3.05, 3.63) is 23.9 Å². The molecule has 1 aromatic heterocycles. The summed E-state index contributed by atoms with van der Waals surface area (Å²) in [7, 11) is -1.18. The van der Waals surface area contributed by atoms with Gasteiger partial charge in [0.2, 0.25) is 10.0 Å². The molecule has 0 radical (unpaired) electrons. The first-order valence-corrected chi connectivity index (χ1v) is 7.81. The minimum atomic E-state index is -3.25. The van der Waals surface area contributed by atoms with E-state index in [-0.39, 0.29) is 11.2 Å². The molecule has 18 heavy (non-hydrogen) atoms. The Kier molecular flexibility index (Phi) is 2.60. The number of nitrogens with one attached hydrogen (secondary N) is 1. The second kappa shape index (κ2) is 3.93. The van der Waals surface area contributed by atoms with E-state index in [9.17, 15) is 8.42 Å². The minimum Gasteiger partial charge on any atom is -0.306 e. The number of hydrogen-bond donors (Lipinski definition) is 1. The van der Waals surface area contributed by atoms with Gasteiger partial charge in [-0.2, -0.15) is 0 Å². The topological polar surface area (TPSA) is 62.3 Å². The summed E-state index contributed by atoms with van der Waals surface area (Å²) in [6, 6.07) is 3.90. The summed E-state index contributed by atoms with van der Waals surface area (Å²) in [6.07, 6.45) is 3.39. The van der Waals surface area contributed by atoms with Crippen LogP contribution in [-0.2, 0) is 15.4 Å². The van der Waals surface area contributed by atoms with E-state index < -0.39 is 10.0 Å². The number of nitrogens with zero attached hydrogens (tertiary/aromatic N) is 2. The number of aromatic nitrogens is 1. The highest BCUT2D eigenvalue weighted by Gasteiger charge is 2.44. The molecule has 0 saturated carbocycles. The lowest BCUT2D eigenvalue weighted by molar-refractivity contribution is 0.201. The van der Waals surface area contributed by atoms with Gasteiger partial charge in [0.05, 0.1) is 5.75 Å². The second-order valence-corrected chi connectivity index (χ2v) is 7.07. The summed E-state index contributed by atoms with van der Waals surface area (Å²) in [5, 5.41) is 0. The van der Waals surface area contributed by atoms with Gasteiger partial charge < -0.3 is 4.90 Å². The van der Waals surface area contributed by atoms with Gasteiger partial charge in [-0.1, -0.05) is 6.07 Å². The third kappa shape index (κ3) is 1.89. The monoisotopic (exact) mass is 267 g/mol. The van der Waals surface area contributed by atoms with Crippen LogP contribution in [0, 0.1) is 0 Å². The highest BCUT2D eigenvalue weighted by molar-refractivity contribution is 7.92. The molecule has 5 nitrogen and oxygen atoms in total. The van der Waals surface area contributed by atoms with Crippen molar-refractivity contribution in [3.8, 4) is 0 Å². The fourth-order valence-corrected chi connectivity index (χ4v) is 4.70. The Morgan fingerprint density at radius 1 is 1.39 bits per heavy atom. The maximum Gasteiger partial charge on any atom is 0.234 e. The normalized spacial score (nSPS) is 25.4. The molecule has 1 saturated heterocycles. The fraction of sp³-hybridized carbons (Fsp3) is 0.583. The number of hydrogen-bond acceptors (Lipinski definition) is 4. The van der Waals surface area contributed by atoms with Gasteiger partial charge in [0.25, 0.3) is 0 Å².